The minimum absolute atomic E-state index is 0.00216. The second-order valence-electron chi connectivity index (χ2n) is 5.22. The van der Waals surface area contributed by atoms with E-state index in [1.165, 1.54) is 6.07 Å². The largest absolute Gasteiger partial charge is 0.423 e. The van der Waals surface area contributed by atoms with Crippen molar-refractivity contribution in [2.24, 2.45) is 0 Å². The molecule has 0 aliphatic carbocycles. The summed E-state index contributed by atoms with van der Waals surface area (Å²) in [5.74, 6) is 0. The molecule has 0 unspecified atom stereocenters. The van der Waals surface area contributed by atoms with Crippen LogP contribution < -0.4 is 11.2 Å². The summed E-state index contributed by atoms with van der Waals surface area (Å²) in [6.45, 7) is 2.54. The summed E-state index contributed by atoms with van der Waals surface area (Å²) < 4.78 is 7.03. The zero-order chi connectivity index (χ0) is 15.3. The summed E-state index contributed by atoms with van der Waals surface area (Å²) in [6, 6.07) is 14.3. The van der Waals surface area contributed by atoms with Crippen LogP contribution in [0, 0.1) is 0 Å². The number of hydrogen-bond acceptors (Lipinski definition) is 3. The molecule has 0 bridgehead atoms. The van der Waals surface area contributed by atoms with Crippen LogP contribution in [0.3, 0.4) is 0 Å². The normalized spacial score (nSPS) is 11.5. The summed E-state index contributed by atoms with van der Waals surface area (Å²) in [7, 11) is 0. The zero-order valence-electron chi connectivity index (χ0n) is 12.0. The molecule has 22 heavy (non-hydrogen) atoms. The molecular weight excluding hydrogens is 278 g/mol. The Hall–Kier alpha value is -2.88. The van der Waals surface area contributed by atoms with Crippen molar-refractivity contribution in [2.45, 2.75) is 13.5 Å². The summed E-state index contributed by atoms with van der Waals surface area (Å²) >= 11 is 0. The van der Waals surface area contributed by atoms with Crippen LogP contribution in [0.2, 0.25) is 0 Å². The molecule has 0 N–H and O–H groups in total. The first-order valence-electron chi connectivity index (χ1n) is 7.19. The van der Waals surface area contributed by atoms with Crippen LogP contribution in [-0.2, 0) is 6.54 Å². The van der Waals surface area contributed by atoms with E-state index in [1.807, 2.05) is 37.3 Å². The molecule has 0 saturated carbocycles. The Labute approximate surface area is 125 Å². The van der Waals surface area contributed by atoms with Gasteiger partial charge in [-0.25, -0.2) is 4.79 Å². The zero-order valence-corrected chi connectivity index (χ0v) is 12.0. The maximum absolute atomic E-state index is 12.7. The molecule has 2 aromatic heterocycles. The van der Waals surface area contributed by atoms with Gasteiger partial charge in [-0.3, -0.25) is 4.79 Å². The van der Waals surface area contributed by atoms with Crippen LogP contribution >= 0.6 is 0 Å². The molecule has 4 rings (SSSR count). The molecule has 4 aromatic rings. The first-order chi connectivity index (χ1) is 10.7. The Balaban J connectivity index is 2.42. The number of fused-ring (bicyclic) bond motifs is 5. The van der Waals surface area contributed by atoms with E-state index in [9.17, 15) is 9.59 Å². The van der Waals surface area contributed by atoms with Gasteiger partial charge in [0.05, 0.1) is 5.52 Å². The van der Waals surface area contributed by atoms with Crippen LogP contribution in [0.1, 0.15) is 6.92 Å². The van der Waals surface area contributed by atoms with Gasteiger partial charge in [-0.05, 0) is 36.6 Å². The van der Waals surface area contributed by atoms with E-state index in [0.717, 1.165) is 21.7 Å². The third-order valence-electron chi connectivity index (χ3n) is 4.06. The van der Waals surface area contributed by atoms with E-state index in [2.05, 4.69) is 0 Å². The Morgan fingerprint density at radius 3 is 2.45 bits per heavy atom. The fraction of sp³-hybridized carbons (Fsp3) is 0.111. The van der Waals surface area contributed by atoms with Gasteiger partial charge in [0.2, 0.25) is 0 Å². The van der Waals surface area contributed by atoms with Gasteiger partial charge in [-0.1, -0.05) is 18.2 Å². The molecule has 0 fully saturated rings. The van der Waals surface area contributed by atoms with Crippen molar-refractivity contribution in [3.63, 3.8) is 0 Å². The van der Waals surface area contributed by atoms with Crippen molar-refractivity contribution in [3.8, 4) is 0 Å². The molecule has 0 aliphatic heterocycles. The lowest BCUT2D eigenvalue weighted by atomic mass is 10.0. The summed E-state index contributed by atoms with van der Waals surface area (Å²) in [5.41, 5.74) is 1.02. The van der Waals surface area contributed by atoms with Crippen LogP contribution in [0.5, 0.6) is 0 Å². The van der Waals surface area contributed by atoms with Crippen LogP contribution in [-0.4, -0.2) is 4.57 Å². The highest BCUT2D eigenvalue weighted by Gasteiger charge is 2.12. The first-order valence-corrected chi connectivity index (χ1v) is 7.19. The highest BCUT2D eigenvalue weighted by Crippen LogP contribution is 2.29. The molecule has 4 nitrogen and oxygen atoms in total. The molecule has 0 amide bonds. The third-order valence-corrected chi connectivity index (χ3v) is 4.06. The fourth-order valence-electron chi connectivity index (χ4n) is 3.10. The number of hydrogen-bond donors (Lipinski definition) is 0. The Bertz CT molecular complexity index is 1150. The molecule has 2 aromatic carbocycles. The lowest BCUT2D eigenvalue weighted by Gasteiger charge is -2.12. The molecule has 0 radical (unpaired) electrons. The number of benzene rings is 2. The van der Waals surface area contributed by atoms with Gasteiger partial charge in [-0.15, -0.1) is 0 Å². The number of pyridine rings is 1. The Kier molecular flexibility index (Phi) is 2.66. The van der Waals surface area contributed by atoms with Crippen molar-refractivity contribution >= 4 is 32.6 Å². The van der Waals surface area contributed by atoms with Crippen molar-refractivity contribution < 1.29 is 4.42 Å². The summed E-state index contributed by atoms with van der Waals surface area (Å²) in [5, 5.41) is 3.34. The Morgan fingerprint density at radius 1 is 0.909 bits per heavy atom. The molecule has 4 heteroatoms. The Morgan fingerprint density at radius 2 is 1.68 bits per heavy atom. The smallest absolute Gasteiger partial charge is 0.336 e. The topological polar surface area (TPSA) is 52.2 Å². The first kappa shape index (κ1) is 12.8. The highest BCUT2D eigenvalue weighted by molar-refractivity contribution is 6.17. The average molecular weight is 291 g/mol. The minimum Gasteiger partial charge on any atom is -0.423 e. The van der Waals surface area contributed by atoms with Crippen molar-refractivity contribution in [1.82, 2.24) is 4.57 Å². The summed E-state index contributed by atoms with van der Waals surface area (Å²) in [4.78, 5) is 24.1. The predicted octanol–water partition coefficient (Wildman–Crippen LogP) is 3.28. The van der Waals surface area contributed by atoms with Gasteiger partial charge in [0.15, 0.2) is 0 Å². The molecule has 0 spiro atoms. The second kappa shape index (κ2) is 4.56. The fourth-order valence-corrected chi connectivity index (χ4v) is 3.10. The number of rotatable bonds is 1. The van der Waals surface area contributed by atoms with Gasteiger partial charge in [0.1, 0.15) is 5.58 Å². The molecule has 0 saturated heterocycles. The monoisotopic (exact) mass is 291 g/mol. The van der Waals surface area contributed by atoms with Crippen LogP contribution in [0.25, 0.3) is 32.6 Å². The van der Waals surface area contributed by atoms with Gasteiger partial charge >= 0.3 is 5.63 Å². The average Bonchev–Trinajstić information content (AvgIpc) is 2.55. The number of aromatic nitrogens is 1. The van der Waals surface area contributed by atoms with E-state index in [-0.39, 0.29) is 11.2 Å². The molecular formula is C18H13NO3. The van der Waals surface area contributed by atoms with Gasteiger partial charge in [0.25, 0.3) is 5.56 Å². The third kappa shape index (κ3) is 1.64. The second-order valence-corrected chi connectivity index (χ2v) is 5.22. The van der Waals surface area contributed by atoms with Gasteiger partial charge in [-0.2, -0.15) is 0 Å². The molecule has 0 atom stereocenters. The van der Waals surface area contributed by atoms with Crippen molar-refractivity contribution in [1.29, 1.82) is 0 Å². The maximum atomic E-state index is 12.7. The molecule has 0 aliphatic rings. The summed E-state index contributed by atoms with van der Waals surface area (Å²) in [6.07, 6.45) is 0. The maximum Gasteiger partial charge on any atom is 0.336 e. The molecule has 108 valence electrons. The van der Waals surface area contributed by atoms with Crippen LogP contribution in [0.4, 0.5) is 0 Å². The van der Waals surface area contributed by atoms with Gasteiger partial charge in [0, 0.05) is 28.8 Å². The lowest BCUT2D eigenvalue weighted by Crippen LogP contribution is -2.19. The van der Waals surface area contributed by atoms with Crippen molar-refractivity contribution in [2.75, 3.05) is 0 Å². The van der Waals surface area contributed by atoms with E-state index in [1.54, 1.807) is 16.7 Å². The van der Waals surface area contributed by atoms with Crippen molar-refractivity contribution in [3.05, 3.63) is 69.3 Å². The number of aryl methyl sites for hydroxylation is 1. The minimum atomic E-state index is -0.375. The lowest BCUT2D eigenvalue weighted by molar-refractivity contribution is 0.561. The molecule has 2 heterocycles. The predicted molar refractivity (Wildman–Crippen MR) is 87.4 cm³/mol. The number of nitrogens with zero attached hydrogens (tertiary/aromatic N) is 1. The SMILES string of the molecule is CCn1c(=O)c2ccccc2c2c3ccc(=O)oc3ccc21. The van der Waals surface area contributed by atoms with Crippen LogP contribution in [0.15, 0.2) is 62.5 Å². The van der Waals surface area contributed by atoms with E-state index in [4.69, 9.17) is 4.42 Å². The standard InChI is InChI=1S/C18H13NO3/c1-2-19-14-8-9-15-13(7-10-16(20)22-15)17(14)11-5-3-4-6-12(11)18(19)21/h3-10H,2H2,1H3. The van der Waals surface area contributed by atoms with E-state index >= 15 is 0 Å². The van der Waals surface area contributed by atoms with Gasteiger partial charge < -0.3 is 8.98 Å². The highest BCUT2D eigenvalue weighted by atomic mass is 16.4. The van der Waals surface area contributed by atoms with E-state index in [0.29, 0.717) is 17.5 Å². The quantitative estimate of drug-likeness (QED) is 0.399. The van der Waals surface area contributed by atoms with E-state index < -0.39 is 0 Å².